The molecule has 1 amide bonds. The maximum absolute atomic E-state index is 13.2. The SMILES string of the molecule is CCC1CCCCC1NC(=O)c1ccc(F)c(Br)c1. The number of nitrogens with one attached hydrogen (secondary N) is 1. The summed E-state index contributed by atoms with van der Waals surface area (Å²) in [5.74, 6) is 0.119. The standard InChI is InChI=1S/C15H19BrFNO/c1-2-10-5-3-4-6-14(10)18-15(19)11-7-8-13(17)12(16)9-11/h7-10,14H,2-6H2,1H3,(H,18,19). The van der Waals surface area contributed by atoms with Gasteiger partial charge in [-0.15, -0.1) is 0 Å². The Bertz CT molecular complexity index is 463. The van der Waals surface area contributed by atoms with E-state index in [1.54, 1.807) is 0 Å². The van der Waals surface area contributed by atoms with Gasteiger partial charge < -0.3 is 5.32 Å². The number of amides is 1. The van der Waals surface area contributed by atoms with Gasteiger partial charge in [0.25, 0.3) is 5.91 Å². The van der Waals surface area contributed by atoms with Crippen LogP contribution in [0.15, 0.2) is 22.7 Å². The average Bonchev–Trinajstić information content (AvgIpc) is 2.42. The van der Waals surface area contributed by atoms with E-state index in [0.29, 0.717) is 16.0 Å². The van der Waals surface area contributed by atoms with E-state index in [-0.39, 0.29) is 17.8 Å². The van der Waals surface area contributed by atoms with E-state index in [4.69, 9.17) is 0 Å². The van der Waals surface area contributed by atoms with Crippen LogP contribution in [0.5, 0.6) is 0 Å². The van der Waals surface area contributed by atoms with Gasteiger partial charge in [0.05, 0.1) is 4.47 Å². The average molecular weight is 328 g/mol. The zero-order valence-corrected chi connectivity index (χ0v) is 12.7. The van der Waals surface area contributed by atoms with E-state index in [9.17, 15) is 9.18 Å². The Labute approximate surface area is 121 Å². The van der Waals surface area contributed by atoms with Crippen molar-refractivity contribution in [1.82, 2.24) is 5.32 Å². The third-order valence-corrected chi connectivity index (χ3v) is 4.54. The molecular weight excluding hydrogens is 309 g/mol. The maximum atomic E-state index is 13.2. The molecule has 0 spiro atoms. The highest BCUT2D eigenvalue weighted by atomic mass is 79.9. The van der Waals surface area contributed by atoms with Gasteiger partial charge in [-0.1, -0.05) is 26.2 Å². The zero-order valence-electron chi connectivity index (χ0n) is 11.1. The second kappa shape index (κ2) is 6.51. The van der Waals surface area contributed by atoms with Crippen LogP contribution < -0.4 is 5.32 Å². The zero-order chi connectivity index (χ0) is 13.8. The molecule has 1 aliphatic rings. The molecule has 104 valence electrons. The Balaban J connectivity index is 2.05. The molecule has 0 heterocycles. The molecule has 1 saturated carbocycles. The lowest BCUT2D eigenvalue weighted by Gasteiger charge is -2.31. The number of carbonyl (C=O) groups excluding carboxylic acids is 1. The van der Waals surface area contributed by atoms with Crippen molar-refractivity contribution in [3.63, 3.8) is 0 Å². The first kappa shape index (κ1) is 14.5. The molecule has 1 aliphatic carbocycles. The molecule has 1 aromatic carbocycles. The second-order valence-electron chi connectivity index (χ2n) is 5.16. The van der Waals surface area contributed by atoms with Crippen LogP contribution in [0.3, 0.4) is 0 Å². The number of benzene rings is 1. The Morgan fingerprint density at radius 3 is 2.84 bits per heavy atom. The molecule has 4 heteroatoms. The van der Waals surface area contributed by atoms with E-state index < -0.39 is 0 Å². The summed E-state index contributed by atoms with van der Waals surface area (Å²) in [6.45, 7) is 2.17. The molecule has 19 heavy (non-hydrogen) atoms. The third kappa shape index (κ3) is 3.56. The van der Waals surface area contributed by atoms with Crippen molar-refractivity contribution in [3.05, 3.63) is 34.1 Å². The van der Waals surface area contributed by atoms with Gasteiger partial charge in [-0.25, -0.2) is 4.39 Å². The monoisotopic (exact) mass is 327 g/mol. The third-order valence-electron chi connectivity index (χ3n) is 3.93. The highest BCUT2D eigenvalue weighted by Crippen LogP contribution is 2.27. The summed E-state index contributed by atoms with van der Waals surface area (Å²) in [5.41, 5.74) is 0.508. The van der Waals surface area contributed by atoms with Crippen LogP contribution in [-0.4, -0.2) is 11.9 Å². The molecule has 2 rings (SSSR count). The normalized spacial score (nSPS) is 23.1. The summed E-state index contributed by atoms with van der Waals surface area (Å²) in [5, 5.41) is 3.10. The first-order chi connectivity index (χ1) is 9.11. The van der Waals surface area contributed by atoms with E-state index in [0.717, 1.165) is 12.8 Å². The molecule has 1 aromatic rings. The van der Waals surface area contributed by atoms with Gasteiger partial charge in [0.15, 0.2) is 0 Å². The van der Waals surface area contributed by atoms with Gasteiger partial charge in [-0.3, -0.25) is 4.79 Å². The van der Waals surface area contributed by atoms with Crippen molar-refractivity contribution >= 4 is 21.8 Å². The van der Waals surface area contributed by atoms with E-state index in [2.05, 4.69) is 28.2 Å². The maximum Gasteiger partial charge on any atom is 0.251 e. The van der Waals surface area contributed by atoms with Gasteiger partial charge in [0, 0.05) is 11.6 Å². The van der Waals surface area contributed by atoms with Gasteiger partial charge in [-0.2, -0.15) is 0 Å². The lowest BCUT2D eigenvalue weighted by Crippen LogP contribution is -2.41. The molecule has 0 bridgehead atoms. The number of carbonyl (C=O) groups is 1. The summed E-state index contributed by atoms with van der Waals surface area (Å²) >= 11 is 3.11. The summed E-state index contributed by atoms with van der Waals surface area (Å²) < 4.78 is 13.5. The molecule has 2 unspecified atom stereocenters. The van der Waals surface area contributed by atoms with Gasteiger partial charge in [0.2, 0.25) is 0 Å². The molecule has 2 nitrogen and oxygen atoms in total. The topological polar surface area (TPSA) is 29.1 Å². The van der Waals surface area contributed by atoms with Crippen molar-refractivity contribution in [3.8, 4) is 0 Å². The summed E-state index contributed by atoms with van der Waals surface area (Å²) in [4.78, 5) is 12.2. The summed E-state index contributed by atoms with van der Waals surface area (Å²) in [6.07, 6.45) is 5.76. The summed E-state index contributed by atoms with van der Waals surface area (Å²) in [7, 11) is 0. The predicted octanol–water partition coefficient (Wildman–Crippen LogP) is 4.29. The van der Waals surface area contributed by atoms with Crippen LogP contribution in [0.2, 0.25) is 0 Å². The van der Waals surface area contributed by atoms with Crippen LogP contribution in [0, 0.1) is 11.7 Å². The molecule has 0 saturated heterocycles. The number of halogens is 2. The first-order valence-electron chi connectivity index (χ1n) is 6.87. The van der Waals surface area contributed by atoms with Crippen molar-refractivity contribution in [2.45, 2.75) is 45.1 Å². The second-order valence-corrected chi connectivity index (χ2v) is 6.02. The number of hydrogen-bond donors (Lipinski definition) is 1. The fourth-order valence-electron chi connectivity index (χ4n) is 2.78. The lowest BCUT2D eigenvalue weighted by atomic mass is 9.83. The van der Waals surface area contributed by atoms with Gasteiger partial charge >= 0.3 is 0 Å². The van der Waals surface area contributed by atoms with Crippen LogP contribution >= 0.6 is 15.9 Å². The van der Waals surface area contributed by atoms with Gasteiger partial charge in [0.1, 0.15) is 5.82 Å². The van der Waals surface area contributed by atoms with E-state index in [1.165, 1.54) is 37.5 Å². The summed E-state index contributed by atoms with van der Waals surface area (Å²) in [6, 6.07) is 4.64. The van der Waals surface area contributed by atoms with Gasteiger partial charge in [-0.05, 0) is 52.9 Å². The van der Waals surface area contributed by atoms with Crippen molar-refractivity contribution in [2.24, 2.45) is 5.92 Å². The number of rotatable bonds is 3. The highest BCUT2D eigenvalue weighted by Gasteiger charge is 2.25. The number of hydrogen-bond acceptors (Lipinski definition) is 1. The minimum Gasteiger partial charge on any atom is -0.349 e. The van der Waals surface area contributed by atoms with Crippen LogP contribution in [0.4, 0.5) is 4.39 Å². The highest BCUT2D eigenvalue weighted by molar-refractivity contribution is 9.10. The Hall–Kier alpha value is -0.900. The minimum atomic E-state index is -0.347. The predicted molar refractivity (Wildman–Crippen MR) is 77.6 cm³/mol. The lowest BCUT2D eigenvalue weighted by molar-refractivity contribution is 0.0904. The minimum absolute atomic E-state index is 0.106. The fourth-order valence-corrected chi connectivity index (χ4v) is 3.15. The van der Waals surface area contributed by atoms with Crippen molar-refractivity contribution in [2.75, 3.05) is 0 Å². The smallest absolute Gasteiger partial charge is 0.251 e. The molecule has 0 radical (unpaired) electrons. The molecular formula is C15H19BrFNO. The fraction of sp³-hybridized carbons (Fsp3) is 0.533. The van der Waals surface area contributed by atoms with Crippen LogP contribution in [-0.2, 0) is 0 Å². The Morgan fingerprint density at radius 2 is 2.16 bits per heavy atom. The molecule has 1 N–H and O–H groups in total. The quantitative estimate of drug-likeness (QED) is 0.881. The van der Waals surface area contributed by atoms with Crippen LogP contribution in [0.1, 0.15) is 49.4 Å². The van der Waals surface area contributed by atoms with E-state index >= 15 is 0 Å². The van der Waals surface area contributed by atoms with Crippen molar-refractivity contribution in [1.29, 1.82) is 0 Å². The molecule has 0 aromatic heterocycles. The molecule has 2 atom stereocenters. The molecule has 0 aliphatic heterocycles. The largest absolute Gasteiger partial charge is 0.349 e. The Kier molecular flexibility index (Phi) is 4.97. The Morgan fingerprint density at radius 1 is 1.42 bits per heavy atom. The van der Waals surface area contributed by atoms with Crippen LogP contribution in [0.25, 0.3) is 0 Å². The van der Waals surface area contributed by atoms with Crippen molar-refractivity contribution < 1.29 is 9.18 Å². The van der Waals surface area contributed by atoms with E-state index in [1.807, 2.05) is 0 Å². The first-order valence-corrected chi connectivity index (χ1v) is 7.67. The molecule has 1 fully saturated rings.